The molecule has 1 aliphatic rings. The van der Waals surface area contributed by atoms with Crippen molar-refractivity contribution >= 4 is 5.91 Å². The molecule has 0 aromatic carbocycles. The Bertz CT molecular complexity index is 778. The highest BCUT2D eigenvalue weighted by molar-refractivity contribution is 5.92. The molecule has 0 saturated heterocycles. The lowest BCUT2D eigenvalue weighted by molar-refractivity contribution is 0.0921. The van der Waals surface area contributed by atoms with Crippen LogP contribution >= 0.6 is 0 Å². The Morgan fingerprint density at radius 1 is 1.36 bits per heavy atom. The van der Waals surface area contributed by atoms with E-state index in [1.807, 2.05) is 17.7 Å². The molecule has 6 nitrogen and oxygen atoms in total. The Hall–Kier alpha value is -2.11. The summed E-state index contributed by atoms with van der Waals surface area (Å²) in [6.45, 7) is 13.4. The third-order valence-corrected chi connectivity index (χ3v) is 4.64. The van der Waals surface area contributed by atoms with E-state index in [0.717, 1.165) is 36.6 Å². The molecule has 0 unspecified atom stereocenters. The second-order valence-corrected chi connectivity index (χ2v) is 8.35. The van der Waals surface area contributed by atoms with Crippen molar-refractivity contribution in [2.75, 3.05) is 0 Å². The molecular weight excluding hydrogens is 314 g/mol. The van der Waals surface area contributed by atoms with Crippen LogP contribution in [0.3, 0.4) is 0 Å². The van der Waals surface area contributed by atoms with E-state index in [1.165, 1.54) is 0 Å². The zero-order valence-corrected chi connectivity index (χ0v) is 16.1. The normalized spacial score (nSPS) is 17.6. The molecule has 25 heavy (non-hydrogen) atoms. The molecule has 1 amide bonds. The maximum Gasteiger partial charge on any atom is 0.272 e. The third kappa shape index (κ3) is 3.62. The number of hydrogen-bond donors (Lipinski definition) is 1. The van der Waals surface area contributed by atoms with E-state index in [2.05, 4.69) is 60.8 Å². The van der Waals surface area contributed by atoms with Gasteiger partial charge in [-0.15, -0.1) is 0 Å². The second-order valence-electron chi connectivity index (χ2n) is 8.35. The number of aromatic nitrogens is 4. The maximum absolute atomic E-state index is 12.7. The van der Waals surface area contributed by atoms with Crippen LogP contribution in [0.5, 0.6) is 0 Å². The van der Waals surface area contributed by atoms with Gasteiger partial charge in [0.05, 0.1) is 11.2 Å². The zero-order chi connectivity index (χ0) is 18.4. The highest BCUT2D eigenvalue weighted by Crippen LogP contribution is 2.24. The van der Waals surface area contributed by atoms with Gasteiger partial charge in [0.1, 0.15) is 11.5 Å². The molecule has 3 rings (SSSR count). The van der Waals surface area contributed by atoms with E-state index in [4.69, 9.17) is 0 Å². The van der Waals surface area contributed by atoms with Crippen molar-refractivity contribution in [1.82, 2.24) is 24.6 Å². The number of imidazole rings is 1. The average molecular weight is 343 g/mol. The molecule has 136 valence electrons. The van der Waals surface area contributed by atoms with E-state index < -0.39 is 0 Å². The van der Waals surface area contributed by atoms with Gasteiger partial charge >= 0.3 is 0 Å². The summed E-state index contributed by atoms with van der Waals surface area (Å²) in [6, 6.07) is 2.05. The van der Waals surface area contributed by atoms with Gasteiger partial charge in [0, 0.05) is 30.9 Å². The lowest BCUT2D eigenvalue weighted by Crippen LogP contribution is -2.41. The van der Waals surface area contributed by atoms with Crippen LogP contribution in [0.2, 0.25) is 0 Å². The molecule has 0 fully saturated rings. The lowest BCUT2D eigenvalue weighted by atomic mass is 10.1. The van der Waals surface area contributed by atoms with Crippen LogP contribution in [0.15, 0.2) is 12.3 Å². The van der Waals surface area contributed by atoms with Gasteiger partial charge in [-0.3, -0.25) is 9.48 Å². The van der Waals surface area contributed by atoms with E-state index in [1.54, 1.807) is 0 Å². The van der Waals surface area contributed by atoms with Gasteiger partial charge in [-0.2, -0.15) is 5.10 Å². The van der Waals surface area contributed by atoms with E-state index in [9.17, 15) is 4.79 Å². The molecule has 2 aromatic heterocycles. The molecule has 0 spiro atoms. The molecule has 1 atom stereocenters. The van der Waals surface area contributed by atoms with Crippen LogP contribution in [0.4, 0.5) is 0 Å². The number of nitrogens with one attached hydrogen (secondary N) is 1. The van der Waals surface area contributed by atoms with Crippen molar-refractivity contribution < 1.29 is 4.79 Å². The van der Waals surface area contributed by atoms with Crippen molar-refractivity contribution in [2.24, 2.45) is 0 Å². The summed E-state index contributed by atoms with van der Waals surface area (Å²) in [5.74, 6) is 1.34. The third-order valence-electron chi connectivity index (χ3n) is 4.64. The molecule has 0 bridgehead atoms. The monoisotopic (exact) mass is 343 g/mol. The summed E-state index contributed by atoms with van der Waals surface area (Å²) in [5, 5.41) is 7.75. The number of carbonyl (C=O) groups excluding carboxylic acids is 1. The summed E-state index contributed by atoms with van der Waals surface area (Å²) in [6.07, 6.45) is 3.87. The summed E-state index contributed by atoms with van der Waals surface area (Å²) in [7, 11) is 0. The fraction of sp³-hybridized carbons (Fsp3) is 0.632. The van der Waals surface area contributed by atoms with Gasteiger partial charge < -0.3 is 9.88 Å². The molecule has 3 heterocycles. The van der Waals surface area contributed by atoms with Crippen LogP contribution < -0.4 is 5.32 Å². The minimum Gasteiger partial charge on any atom is -0.346 e. The van der Waals surface area contributed by atoms with Crippen LogP contribution in [0.25, 0.3) is 0 Å². The summed E-state index contributed by atoms with van der Waals surface area (Å²) in [4.78, 5) is 17.3. The number of aryl methyl sites for hydroxylation is 2. The Labute approximate surface area is 149 Å². The molecule has 1 N–H and O–H groups in total. The first-order valence-corrected chi connectivity index (χ1v) is 9.09. The van der Waals surface area contributed by atoms with Gasteiger partial charge in [0.2, 0.25) is 0 Å². The fourth-order valence-corrected chi connectivity index (χ4v) is 3.42. The van der Waals surface area contributed by atoms with Crippen LogP contribution in [-0.2, 0) is 18.5 Å². The van der Waals surface area contributed by atoms with E-state index >= 15 is 0 Å². The predicted octanol–water partition coefficient (Wildman–Crippen LogP) is 3.01. The van der Waals surface area contributed by atoms with Crippen molar-refractivity contribution in [3.8, 4) is 0 Å². The first-order valence-electron chi connectivity index (χ1n) is 9.09. The number of fused-ring (bicyclic) bond motifs is 1. The summed E-state index contributed by atoms with van der Waals surface area (Å²) in [5.41, 5.74) is 2.49. The first kappa shape index (κ1) is 17.7. The Balaban J connectivity index is 1.76. The standard InChI is InChI=1S/C19H29N5O/c1-12(2)16-9-15(22-24(16)19(4,5)6)18(25)21-14-7-8-17-20-13(3)10-23(17)11-14/h9-10,12,14H,7-8,11H2,1-6H3,(H,21,25)/t14-/m0/s1. The minimum absolute atomic E-state index is 0.0878. The van der Waals surface area contributed by atoms with Crippen molar-refractivity contribution in [3.05, 3.63) is 35.2 Å². The number of nitrogens with zero attached hydrogens (tertiary/aromatic N) is 4. The van der Waals surface area contributed by atoms with Gasteiger partial charge in [-0.25, -0.2) is 4.98 Å². The predicted molar refractivity (Wildman–Crippen MR) is 97.9 cm³/mol. The highest BCUT2D eigenvalue weighted by atomic mass is 16.2. The largest absolute Gasteiger partial charge is 0.346 e. The zero-order valence-electron chi connectivity index (χ0n) is 16.1. The first-order chi connectivity index (χ1) is 11.6. The second kappa shape index (κ2) is 6.32. The number of carbonyl (C=O) groups is 1. The molecule has 2 aromatic rings. The van der Waals surface area contributed by atoms with Crippen molar-refractivity contribution in [3.63, 3.8) is 0 Å². The Morgan fingerprint density at radius 3 is 2.68 bits per heavy atom. The molecule has 1 aliphatic heterocycles. The molecule has 6 heteroatoms. The average Bonchev–Trinajstić information content (AvgIpc) is 3.09. The Kier molecular flexibility index (Phi) is 4.47. The fourth-order valence-electron chi connectivity index (χ4n) is 3.42. The SMILES string of the molecule is Cc1cn2c(n1)CC[C@H](NC(=O)c1cc(C(C)C)n(C(C)(C)C)n1)C2. The number of rotatable bonds is 3. The summed E-state index contributed by atoms with van der Waals surface area (Å²) >= 11 is 0. The minimum atomic E-state index is -0.147. The quantitative estimate of drug-likeness (QED) is 0.932. The van der Waals surface area contributed by atoms with Gasteiger partial charge in [0.25, 0.3) is 5.91 Å². The molecular formula is C19H29N5O. The smallest absolute Gasteiger partial charge is 0.272 e. The van der Waals surface area contributed by atoms with Gasteiger partial charge in [-0.1, -0.05) is 13.8 Å². The van der Waals surface area contributed by atoms with Crippen LogP contribution in [0.1, 0.15) is 74.7 Å². The van der Waals surface area contributed by atoms with Crippen LogP contribution in [-0.4, -0.2) is 31.3 Å². The van der Waals surface area contributed by atoms with Gasteiger partial charge in [-0.05, 0) is 46.1 Å². The molecule has 0 saturated carbocycles. The van der Waals surface area contributed by atoms with Crippen molar-refractivity contribution in [1.29, 1.82) is 0 Å². The molecule has 0 radical (unpaired) electrons. The topological polar surface area (TPSA) is 64.7 Å². The van der Waals surface area contributed by atoms with Crippen LogP contribution in [0, 0.1) is 6.92 Å². The maximum atomic E-state index is 12.7. The number of amides is 1. The Morgan fingerprint density at radius 2 is 2.08 bits per heavy atom. The number of hydrogen-bond acceptors (Lipinski definition) is 3. The van der Waals surface area contributed by atoms with E-state index in [-0.39, 0.29) is 17.5 Å². The van der Waals surface area contributed by atoms with Gasteiger partial charge in [0.15, 0.2) is 0 Å². The van der Waals surface area contributed by atoms with E-state index in [0.29, 0.717) is 11.6 Å². The summed E-state index contributed by atoms with van der Waals surface area (Å²) < 4.78 is 4.13. The molecule has 0 aliphatic carbocycles. The van der Waals surface area contributed by atoms with Crippen molar-refractivity contribution in [2.45, 2.75) is 78.4 Å². The lowest BCUT2D eigenvalue weighted by Gasteiger charge is -2.24. The highest BCUT2D eigenvalue weighted by Gasteiger charge is 2.26.